The lowest BCUT2D eigenvalue weighted by atomic mass is 9.81. The van der Waals surface area contributed by atoms with Gasteiger partial charge in [0.05, 0.1) is 12.6 Å². The predicted octanol–water partition coefficient (Wildman–Crippen LogP) is 5.19. The van der Waals surface area contributed by atoms with Gasteiger partial charge in [0.25, 0.3) is 5.91 Å². The molecule has 9 heteroatoms. The van der Waals surface area contributed by atoms with Crippen LogP contribution in [-0.2, 0) is 15.1 Å². The van der Waals surface area contributed by atoms with Crippen LogP contribution in [0.25, 0.3) is 0 Å². The number of thioether (sulfide) groups is 1. The Hall–Kier alpha value is -2.48. The third kappa shape index (κ3) is 4.24. The maximum absolute atomic E-state index is 13.6. The number of carbonyl (C=O) groups is 2. The number of fused-ring (bicyclic) bond motifs is 1. The summed E-state index contributed by atoms with van der Waals surface area (Å²) in [5, 5.41) is 4.91. The van der Waals surface area contributed by atoms with Gasteiger partial charge in [-0.05, 0) is 60.0 Å². The molecule has 2 aromatic rings. The maximum Gasteiger partial charge on any atom is 0.263 e. The molecule has 0 radical (unpaired) electrons. The third-order valence-corrected chi connectivity index (χ3v) is 8.25. The molecule has 0 saturated carbocycles. The molecule has 1 saturated heterocycles. The van der Waals surface area contributed by atoms with Gasteiger partial charge in [0.15, 0.2) is 5.17 Å². The summed E-state index contributed by atoms with van der Waals surface area (Å²) >= 11 is 13.8. The number of aliphatic imine (C=N–C) groups is 1. The molecule has 35 heavy (non-hydrogen) atoms. The van der Waals surface area contributed by atoms with Crippen molar-refractivity contribution in [1.29, 1.82) is 0 Å². The van der Waals surface area contributed by atoms with E-state index in [4.69, 9.17) is 28.2 Å². The Bertz CT molecular complexity index is 1240. The smallest absolute Gasteiger partial charge is 0.263 e. The molecule has 182 valence electrons. The Morgan fingerprint density at radius 2 is 1.74 bits per heavy atom. The normalized spacial score (nSPS) is 24.1. The van der Waals surface area contributed by atoms with Gasteiger partial charge in [-0.1, -0.05) is 61.3 Å². The summed E-state index contributed by atoms with van der Waals surface area (Å²) in [5.74, 6) is -0.185. The van der Waals surface area contributed by atoms with Gasteiger partial charge >= 0.3 is 0 Å². The van der Waals surface area contributed by atoms with Crippen LogP contribution in [0, 0.1) is 5.92 Å². The van der Waals surface area contributed by atoms with Gasteiger partial charge in [0.2, 0.25) is 5.91 Å². The van der Waals surface area contributed by atoms with Gasteiger partial charge in [-0.15, -0.1) is 0 Å². The summed E-state index contributed by atoms with van der Waals surface area (Å²) in [6, 6.07) is 15.4. The molecule has 0 bridgehead atoms. The fourth-order valence-electron chi connectivity index (χ4n) is 5.02. The zero-order valence-corrected chi connectivity index (χ0v) is 22.0. The number of benzene rings is 2. The van der Waals surface area contributed by atoms with Gasteiger partial charge in [0, 0.05) is 28.8 Å². The lowest BCUT2D eigenvalue weighted by molar-refractivity contribution is -0.135. The molecule has 3 aliphatic rings. The van der Waals surface area contributed by atoms with Gasteiger partial charge in [-0.2, -0.15) is 0 Å². The molecular formula is C26H26Cl2N4O2S. The molecule has 6 nitrogen and oxygen atoms in total. The van der Waals surface area contributed by atoms with Crippen molar-refractivity contribution in [3.05, 3.63) is 80.3 Å². The molecule has 2 aromatic carbocycles. The fourth-order valence-corrected chi connectivity index (χ4v) is 6.65. The minimum atomic E-state index is -0.611. The number of amidine groups is 1. The SMILES string of the molecule is CC(C)C1=C(C(=O)N2CCNC(=O)C2)SC2=NC(C)(c3ccc(Cl)cc3)C(c3ccc(Cl)cc3)N21. The van der Waals surface area contributed by atoms with Crippen LogP contribution >= 0.6 is 35.0 Å². The van der Waals surface area contributed by atoms with Crippen molar-refractivity contribution < 1.29 is 9.59 Å². The van der Waals surface area contributed by atoms with Crippen molar-refractivity contribution in [3.63, 3.8) is 0 Å². The Kier molecular flexibility index (Phi) is 6.36. The highest BCUT2D eigenvalue weighted by molar-refractivity contribution is 8.18. The molecule has 0 spiro atoms. The summed E-state index contributed by atoms with van der Waals surface area (Å²) < 4.78 is 0. The molecule has 2 unspecified atom stereocenters. The van der Waals surface area contributed by atoms with Crippen LogP contribution in [0.1, 0.15) is 37.9 Å². The lowest BCUT2D eigenvalue weighted by Gasteiger charge is -2.37. The minimum absolute atomic E-state index is 0.0649. The molecule has 0 aliphatic carbocycles. The minimum Gasteiger partial charge on any atom is -0.353 e. The van der Waals surface area contributed by atoms with Crippen molar-refractivity contribution in [1.82, 2.24) is 15.1 Å². The molecule has 2 atom stereocenters. The van der Waals surface area contributed by atoms with E-state index in [2.05, 4.69) is 31.0 Å². The molecule has 1 fully saturated rings. The van der Waals surface area contributed by atoms with Gasteiger partial charge in [0.1, 0.15) is 10.4 Å². The fraction of sp³-hybridized carbons (Fsp3) is 0.346. The van der Waals surface area contributed by atoms with Crippen LogP contribution in [0.2, 0.25) is 10.0 Å². The van der Waals surface area contributed by atoms with E-state index in [1.54, 1.807) is 4.90 Å². The first-order valence-corrected chi connectivity index (χ1v) is 13.1. The Morgan fingerprint density at radius 3 is 2.34 bits per heavy atom. The molecule has 3 aliphatic heterocycles. The van der Waals surface area contributed by atoms with E-state index in [9.17, 15) is 9.59 Å². The summed E-state index contributed by atoms with van der Waals surface area (Å²) in [6.45, 7) is 7.33. The maximum atomic E-state index is 13.6. The van der Waals surface area contributed by atoms with E-state index in [-0.39, 0.29) is 30.3 Å². The van der Waals surface area contributed by atoms with Crippen LogP contribution in [-0.4, -0.2) is 46.4 Å². The van der Waals surface area contributed by atoms with Crippen molar-refractivity contribution in [2.45, 2.75) is 32.4 Å². The highest BCUT2D eigenvalue weighted by atomic mass is 35.5. The van der Waals surface area contributed by atoms with Crippen LogP contribution in [0.15, 0.2) is 64.1 Å². The predicted molar refractivity (Wildman–Crippen MR) is 141 cm³/mol. The monoisotopic (exact) mass is 528 g/mol. The number of nitrogens with zero attached hydrogens (tertiary/aromatic N) is 3. The number of carbonyl (C=O) groups excluding carboxylic acids is 2. The molecular weight excluding hydrogens is 503 g/mol. The molecule has 3 heterocycles. The first kappa shape index (κ1) is 24.2. The Morgan fingerprint density at radius 1 is 1.11 bits per heavy atom. The van der Waals surface area contributed by atoms with Crippen LogP contribution in [0.5, 0.6) is 0 Å². The highest BCUT2D eigenvalue weighted by Crippen LogP contribution is 2.56. The van der Waals surface area contributed by atoms with Gasteiger partial charge in [-0.25, -0.2) is 4.99 Å². The zero-order valence-electron chi connectivity index (χ0n) is 19.7. The largest absolute Gasteiger partial charge is 0.353 e. The van der Waals surface area contributed by atoms with E-state index < -0.39 is 5.54 Å². The van der Waals surface area contributed by atoms with Crippen molar-refractivity contribution >= 4 is 51.9 Å². The molecule has 1 N–H and O–H groups in total. The van der Waals surface area contributed by atoms with Gasteiger partial charge in [-0.3, -0.25) is 9.59 Å². The second-order valence-corrected chi connectivity index (χ2v) is 11.3. The summed E-state index contributed by atoms with van der Waals surface area (Å²) in [7, 11) is 0. The number of piperazine rings is 1. The number of hydrogen-bond donors (Lipinski definition) is 1. The van der Waals surface area contributed by atoms with E-state index >= 15 is 0 Å². The van der Waals surface area contributed by atoms with Crippen molar-refractivity contribution in [2.75, 3.05) is 19.6 Å². The van der Waals surface area contributed by atoms with E-state index in [1.165, 1.54) is 11.8 Å². The standard InChI is InChI=1S/C26H26Cl2N4O2S/c1-15(2)21-22(24(34)31-13-12-29-20(33)14-31)35-25-30-26(3,17-6-10-19(28)11-7-17)23(32(21)25)16-4-8-18(27)9-5-16/h4-11,15,23H,12-14H2,1-3H3,(H,29,33). The summed E-state index contributed by atoms with van der Waals surface area (Å²) in [4.78, 5) is 35.3. The molecule has 0 aromatic heterocycles. The number of hydrogen-bond acceptors (Lipinski definition) is 5. The average molecular weight is 529 g/mol. The van der Waals surface area contributed by atoms with E-state index in [0.717, 1.165) is 22.0 Å². The van der Waals surface area contributed by atoms with Crippen LogP contribution in [0.3, 0.4) is 0 Å². The van der Waals surface area contributed by atoms with Crippen LogP contribution < -0.4 is 5.32 Å². The molecule has 2 amide bonds. The lowest BCUT2D eigenvalue weighted by Crippen LogP contribution is -2.50. The second kappa shape index (κ2) is 9.19. The average Bonchev–Trinajstić information content (AvgIpc) is 3.32. The third-order valence-electron chi connectivity index (χ3n) is 6.69. The van der Waals surface area contributed by atoms with Crippen molar-refractivity contribution in [3.8, 4) is 0 Å². The van der Waals surface area contributed by atoms with Crippen LogP contribution in [0.4, 0.5) is 0 Å². The summed E-state index contributed by atoms with van der Waals surface area (Å²) in [6.07, 6.45) is 0. The Balaban J connectivity index is 1.62. The second-order valence-electron chi connectivity index (χ2n) is 9.42. The quantitative estimate of drug-likeness (QED) is 0.592. The molecule has 5 rings (SSSR count). The number of halogens is 2. The zero-order chi connectivity index (χ0) is 24.9. The van der Waals surface area contributed by atoms with E-state index in [0.29, 0.717) is 28.0 Å². The highest BCUT2D eigenvalue weighted by Gasteiger charge is 2.53. The topological polar surface area (TPSA) is 65.0 Å². The first-order chi connectivity index (χ1) is 16.7. The Labute approximate surface area is 219 Å². The number of rotatable bonds is 4. The summed E-state index contributed by atoms with van der Waals surface area (Å²) in [5.41, 5.74) is 2.41. The van der Waals surface area contributed by atoms with Crippen molar-refractivity contribution in [2.24, 2.45) is 10.9 Å². The van der Waals surface area contributed by atoms with Gasteiger partial charge < -0.3 is 15.1 Å². The van der Waals surface area contributed by atoms with E-state index in [1.807, 2.05) is 48.5 Å². The first-order valence-electron chi connectivity index (χ1n) is 11.6. The number of nitrogens with one attached hydrogen (secondary N) is 1. The number of amides is 2. The number of allylic oxidation sites excluding steroid dienone is 1.